The number of hydrogen-bond donors (Lipinski definition) is 2. The Labute approximate surface area is 199 Å². The van der Waals surface area contributed by atoms with Crippen molar-refractivity contribution in [1.82, 2.24) is 9.55 Å². The Morgan fingerprint density at radius 2 is 1.82 bits per heavy atom. The molecule has 174 valence electrons. The molecular weight excluding hydrogens is 452 g/mol. The van der Waals surface area contributed by atoms with Crippen LogP contribution in [0.1, 0.15) is 24.3 Å². The van der Waals surface area contributed by atoms with Crippen molar-refractivity contribution in [3.8, 4) is 21.7 Å². The molecule has 0 fully saturated rings. The predicted molar refractivity (Wildman–Crippen MR) is 135 cm³/mol. The third-order valence-corrected chi connectivity index (χ3v) is 6.35. The SMILES string of the molecule is CC(C)Cn1c(N(C)C(=O)O)c(-c2ccccc2)c2cc(-c3nc(C(N)=O)cs3)ccc2c1=O. The highest BCUT2D eigenvalue weighted by atomic mass is 32.1. The number of carbonyl (C=O) groups is 2. The summed E-state index contributed by atoms with van der Waals surface area (Å²) >= 11 is 1.27. The summed E-state index contributed by atoms with van der Waals surface area (Å²) in [6.07, 6.45) is -1.17. The lowest BCUT2D eigenvalue weighted by Crippen LogP contribution is -2.34. The van der Waals surface area contributed by atoms with Gasteiger partial charge in [0.25, 0.3) is 11.5 Å². The highest BCUT2D eigenvalue weighted by Gasteiger charge is 2.25. The second kappa shape index (κ2) is 9.11. The van der Waals surface area contributed by atoms with Crippen LogP contribution < -0.4 is 16.2 Å². The van der Waals surface area contributed by atoms with E-state index in [1.807, 2.05) is 50.2 Å². The molecular formula is C25H24N4O4S. The Balaban J connectivity index is 2.12. The molecule has 8 nitrogen and oxygen atoms in total. The van der Waals surface area contributed by atoms with E-state index in [2.05, 4.69) is 4.98 Å². The molecule has 9 heteroatoms. The molecule has 4 aromatic rings. The molecule has 0 saturated carbocycles. The van der Waals surface area contributed by atoms with Crippen molar-refractivity contribution in [3.63, 3.8) is 0 Å². The quantitative estimate of drug-likeness (QED) is 0.419. The summed E-state index contributed by atoms with van der Waals surface area (Å²) in [5.41, 5.74) is 7.37. The van der Waals surface area contributed by atoms with Crippen LogP contribution in [0, 0.1) is 5.92 Å². The van der Waals surface area contributed by atoms with Gasteiger partial charge >= 0.3 is 6.09 Å². The maximum absolute atomic E-state index is 13.6. The Kier molecular flexibility index (Phi) is 6.21. The largest absolute Gasteiger partial charge is 0.465 e. The Morgan fingerprint density at radius 3 is 2.41 bits per heavy atom. The van der Waals surface area contributed by atoms with E-state index in [-0.39, 0.29) is 17.2 Å². The lowest BCUT2D eigenvalue weighted by atomic mass is 9.97. The fourth-order valence-corrected chi connectivity index (χ4v) is 4.76. The number of nitrogens with zero attached hydrogens (tertiary/aromatic N) is 3. The van der Waals surface area contributed by atoms with Crippen LogP contribution in [0.3, 0.4) is 0 Å². The van der Waals surface area contributed by atoms with Gasteiger partial charge in [-0.05, 0) is 29.0 Å². The lowest BCUT2D eigenvalue weighted by Gasteiger charge is -2.26. The first-order chi connectivity index (χ1) is 16.2. The summed E-state index contributed by atoms with van der Waals surface area (Å²) in [7, 11) is 1.44. The van der Waals surface area contributed by atoms with E-state index in [9.17, 15) is 19.5 Å². The fraction of sp³-hybridized carbons (Fsp3) is 0.200. The van der Waals surface area contributed by atoms with E-state index in [1.165, 1.54) is 23.0 Å². The summed E-state index contributed by atoms with van der Waals surface area (Å²) in [6, 6.07) is 14.7. The first-order valence-corrected chi connectivity index (χ1v) is 11.5. The van der Waals surface area contributed by atoms with E-state index in [4.69, 9.17) is 5.73 Å². The van der Waals surface area contributed by atoms with Crippen LogP contribution in [0.2, 0.25) is 0 Å². The number of amides is 2. The van der Waals surface area contributed by atoms with Crippen molar-refractivity contribution in [2.24, 2.45) is 11.7 Å². The van der Waals surface area contributed by atoms with E-state index >= 15 is 0 Å². The Bertz CT molecular complexity index is 1460. The van der Waals surface area contributed by atoms with Gasteiger partial charge in [-0.3, -0.25) is 19.1 Å². The van der Waals surface area contributed by atoms with Gasteiger partial charge in [0, 0.05) is 35.5 Å². The zero-order valence-electron chi connectivity index (χ0n) is 19.0. The van der Waals surface area contributed by atoms with E-state index in [0.29, 0.717) is 39.3 Å². The summed E-state index contributed by atoms with van der Waals surface area (Å²) in [5.74, 6) is -0.198. The zero-order valence-corrected chi connectivity index (χ0v) is 19.8. The normalized spacial score (nSPS) is 11.2. The molecule has 0 aliphatic heterocycles. The number of fused-ring (bicyclic) bond motifs is 1. The number of carboxylic acid groups (broad SMARTS) is 1. The average Bonchev–Trinajstić information content (AvgIpc) is 3.31. The maximum atomic E-state index is 13.6. The number of primary amides is 1. The minimum Gasteiger partial charge on any atom is -0.465 e. The number of benzene rings is 2. The van der Waals surface area contributed by atoms with Crippen molar-refractivity contribution in [2.75, 3.05) is 11.9 Å². The second-order valence-corrected chi connectivity index (χ2v) is 9.24. The van der Waals surface area contributed by atoms with Crippen molar-refractivity contribution >= 4 is 39.9 Å². The zero-order chi connectivity index (χ0) is 24.6. The fourth-order valence-electron chi connectivity index (χ4n) is 3.95. The standard InChI is InChI=1S/C25H24N4O4S/c1-14(2)12-29-23(28(3)25(32)33)20(15-7-5-4-6-8-15)18-11-16(9-10-17(18)24(29)31)22-27-19(13-34-22)21(26)30/h4-11,13-14H,12H2,1-3H3,(H2,26,30)(H,32,33). The smallest absolute Gasteiger partial charge is 0.412 e. The monoisotopic (exact) mass is 476 g/mol. The summed E-state index contributed by atoms with van der Waals surface area (Å²) < 4.78 is 1.54. The number of aromatic nitrogens is 2. The minimum atomic E-state index is -1.17. The Hall–Kier alpha value is -3.98. The van der Waals surface area contributed by atoms with Crippen LogP contribution in [0.25, 0.3) is 32.5 Å². The van der Waals surface area contributed by atoms with E-state index in [1.54, 1.807) is 17.5 Å². The van der Waals surface area contributed by atoms with Gasteiger partial charge < -0.3 is 10.8 Å². The number of rotatable bonds is 6. The number of carbonyl (C=O) groups excluding carboxylic acids is 1. The van der Waals surface area contributed by atoms with Gasteiger partial charge in [-0.15, -0.1) is 11.3 Å². The Morgan fingerprint density at radius 1 is 1.12 bits per heavy atom. The van der Waals surface area contributed by atoms with Gasteiger partial charge in [-0.2, -0.15) is 0 Å². The molecule has 34 heavy (non-hydrogen) atoms. The minimum absolute atomic E-state index is 0.113. The van der Waals surface area contributed by atoms with Crippen molar-refractivity contribution in [2.45, 2.75) is 20.4 Å². The lowest BCUT2D eigenvalue weighted by molar-refractivity contribution is 0.0996. The molecule has 0 saturated heterocycles. The molecule has 0 unspecified atom stereocenters. The van der Waals surface area contributed by atoms with Gasteiger partial charge in [0.2, 0.25) is 0 Å². The van der Waals surface area contributed by atoms with E-state index in [0.717, 1.165) is 10.5 Å². The van der Waals surface area contributed by atoms with Crippen LogP contribution in [0.5, 0.6) is 0 Å². The molecule has 2 heterocycles. The highest BCUT2D eigenvalue weighted by molar-refractivity contribution is 7.13. The van der Waals surface area contributed by atoms with Crippen LogP contribution >= 0.6 is 11.3 Å². The molecule has 0 spiro atoms. The predicted octanol–water partition coefficient (Wildman–Crippen LogP) is 4.66. The number of anilines is 1. The van der Waals surface area contributed by atoms with Gasteiger partial charge in [0.15, 0.2) is 0 Å². The van der Waals surface area contributed by atoms with Gasteiger partial charge in [0.05, 0.1) is 0 Å². The molecule has 0 aliphatic carbocycles. The molecule has 4 rings (SSSR count). The molecule has 0 aliphatic rings. The molecule has 0 atom stereocenters. The van der Waals surface area contributed by atoms with Gasteiger partial charge in [0.1, 0.15) is 16.5 Å². The topological polar surface area (TPSA) is 119 Å². The first kappa shape index (κ1) is 23.2. The van der Waals surface area contributed by atoms with Crippen molar-refractivity contribution in [3.05, 3.63) is 70.0 Å². The summed E-state index contributed by atoms with van der Waals surface area (Å²) in [5, 5.41) is 13.1. The van der Waals surface area contributed by atoms with Crippen molar-refractivity contribution in [1.29, 1.82) is 0 Å². The van der Waals surface area contributed by atoms with Crippen LogP contribution in [0.4, 0.5) is 10.6 Å². The molecule has 0 bridgehead atoms. The second-order valence-electron chi connectivity index (χ2n) is 8.38. The van der Waals surface area contributed by atoms with Crippen LogP contribution in [-0.2, 0) is 6.54 Å². The molecule has 2 aromatic carbocycles. The molecule has 3 N–H and O–H groups in total. The maximum Gasteiger partial charge on any atom is 0.412 e. The van der Waals surface area contributed by atoms with Crippen molar-refractivity contribution < 1.29 is 14.7 Å². The summed E-state index contributed by atoms with van der Waals surface area (Å²) in [4.78, 5) is 42.6. The molecule has 0 radical (unpaired) electrons. The van der Waals surface area contributed by atoms with E-state index < -0.39 is 12.0 Å². The van der Waals surface area contributed by atoms with Crippen LogP contribution in [-0.4, -0.2) is 33.7 Å². The molecule has 2 amide bonds. The first-order valence-electron chi connectivity index (χ1n) is 10.7. The van der Waals surface area contributed by atoms with Gasteiger partial charge in [-0.25, -0.2) is 9.78 Å². The van der Waals surface area contributed by atoms with Gasteiger partial charge in [-0.1, -0.05) is 50.2 Å². The third-order valence-electron chi connectivity index (χ3n) is 5.46. The average molecular weight is 477 g/mol. The summed E-state index contributed by atoms with van der Waals surface area (Å²) in [6.45, 7) is 4.31. The highest BCUT2D eigenvalue weighted by Crippen LogP contribution is 2.38. The number of pyridine rings is 1. The number of hydrogen-bond acceptors (Lipinski definition) is 5. The third kappa shape index (κ3) is 4.17. The van der Waals surface area contributed by atoms with Crippen LogP contribution in [0.15, 0.2) is 58.7 Å². The number of nitrogens with two attached hydrogens (primary N) is 1. The number of thiazole rings is 1. The molecule has 2 aromatic heterocycles.